The Morgan fingerprint density at radius 3 is 2.78 bits per heavy atom. The molecule has 2 aliphatic heterocycles. The first-order valence-electron chi connectivity index (χ1n) is 14.6. The third kappa shape index (κ3) is 4.98. The number of amides is 2. The maximum absolute atomic E-state index is 12.5. The number of hydrogen-bond acceptors (Lipinski definition) is 7. The summed E-state index contributed by atoms with van der Waals surface area (Å²) in [6, 6.07) is 4.33. The highest BCUT2D eigenvalue weighted by Gasteiger charge is 2.55. The lowest BCUT2D eigenvalue weighted by molar-refractivity contribution is -0.149. The van der Waals surface area contributed by atoms with Crippen LogP contribution in [-0.4, -0.2) is 82.8 Å². The van der Waals surface area contributed by atoms with Crippen molar-refractivity contribution in [1.29, 1.82) is 0 Å². The van der Waals surface area contributed by atoms with Crippen LogP contribution in [0.15, 0.2) is 31.0 Å². The minimum atomic E-state index is -0.229. The van der Waals surface area contributed by atoms with E-state index >= 15 is 0 Å². The van der Waals surface area contributed by atoms with Gasteiger partial charge < -0.3 is 15.0 Å². The molecule has 0 radical (unpaired) electrons. The Morgan fingerprint density at radius 1 is 1.32 bits per heavy atom. The number of fused-ring (bicyclic) bond motifs is 1. The number of hydrazine groups is 1. The predicted octanol–water partition coefficient (Wildman–Crippen LogP) is 2.80. The molecule has 4 fully saturated rings. The zero-order chi connectivity index (χ0) is 28.9. The van der Waals surface area contributed by atoms with Gasteiger partial charge in [0.05, 0.1) is 18.3 Å². The molecule has 11 heteroatoms. The minimum Gasteiger partial charge on any atom is -0.383 e. The monoisotopic (exact) mass is 581 g/mol. The molecule has 2 aliphatic carbocycles. The SMILES string of the molecule is C=CC(=O)N1CC2(CC(n3nc(-c4ccc(C(=O)NCCOC)nc4)c(C4C(Cl)C(C)CC5NNCC54)c3C)C2)C1. The van der Waals surface area contributed by atoms with E-state index in [4.69, 9.17) is 21.4 Å². The van der Waals surface area contributed by atoms with Crippen LogP contribution < -0.4 is 16.2 Å². The van der Waals surface area contributed by atoms with E-state index in [0.29, 0.717) is 36.7 Å². The van der Waals surface area contributed by atoms with E-state index in [9.17, 15) is 9.59 Å². The number of carbonyl (C=O) groups is 2. The fourth-order valence-corrected chi connectivity index (χ4v) is 8.02. The second-order valence-electron chi connectivity index (χ2n) is 12.4. The number of hydrogen-bond donors (Lipinski definition) is 3. The second-order valence-corrected chi connectivity index (χ2v) is 12.9. The Kier molecular flexibility index (Phi) is 7.69. The molecule has 10 nitrogen and oxygen atoms in total. The summed E-state index contributed by atoms with van der Waals surface area (Å²) in [5.74, 6) is 0.591. The van der Waals surface area contributed by atoms with Crippen LogP contribution in [-0.2, 0) is 9.53 Å². The maximum atomic E-state index is 12.5. The number of nitrogens with one attached hydrogen (secondary N) is 3. The van der Waals surface area contributed by atoms with Crippen molar-refractivity contribution >= 4 is 23.4 Å². The van der Waals surface area contributed by atoms with Gasteiger partial charge in [-0.1, -0.05) is 13.5 Å². The number of aromatic nitrogens is 3. The van der Waals surface area contributed by atoms with Crippen molar-refractivity contribution in [2.24, 2.45) is 17.3 Å². The summed E-state index contributed by atoms with van der Waals surface area (Å²) in [4.78, 5) is 30.9. The van der Waals surface area contributed by atoms with Crippen molar-refractivity contribution in [3.8, 4) is 11.3 Å². The van der Waals surface area contributed by atoms with Gasteiger partial charge in [0.2, 0.25) is 5.91 Å². The van der Waals surface area contributed by atoms with Gasteiger partial charge in [0.25, 0.3) is 5.91 Å². The van der Waals surface area contributed by atoms with Crippen molar-refractivity contribution in [1.82, 2.24) is 35.8 Å². The van der Waals surface area contributed by atoms with Gasteiger partial charge in [-0.05, 0) is 56.2 Å². The van der Waals surface area contributed by atoms with Gasteiger partial charge in [0.15, 0.2) is 0 Å². The van der Waals surface area contributed by atoms with Crippen LogP contribution in [0.3, 0.4) is 0 Å². The van der Waals surface area contributed by atoms with Crippen molar-refractivity contribution in [3.05, 3.63) is 47.9 Å². The quantitative estimate of drug-likeness (QED) is 0.250. The summed E-state index contributed by atoms with van der Waals surface area (Å²) >= 11 is 7.25. The molecule has 1 spiro atoms. The number of nitrogens with zero attached hydrogens (tertiary/aromatic N) is 4. The van der Waals surface area contributed by atoms with Crippen LogP contribution >= 0.6 is 11.6 Å². The van der Waals surface area contributed by atoms with E-state index in [1.807, 2.05) is 11.0 Å². The topological polar surface area (TPSA) is 113 Å². The second kappa shape index (κ2) is 11.1. The van der Waals surface area contributed by atoms with E-state index in [1.54, 1.807) is 19.4 Å². The number of methoxy groups -OCH3 is 1. The van der Waals surface area contributed by atoms with E-state index in [1.165, 1.54) is 11.6 Å². The van der Waals surface area contributed by atoms with Crippen LogP contribution in [0, 0.1) is 24.2 Å². The number of likely N-dealkylation sites (tertiary alicyclic amines) is 1. The van der Waals surface area contributed by atoms with E-state index in [2.05, 4.69) is 46.3 Å². The highest BCUT2D eigenvalue weighted by Crippen LogP contribution is 2.56. The van der Waals surface area contributed by atoms with Gasteiger partial charge in [-0.3, -0.25) is 30.1 Å². The molecule has 0 aromatic carbocycles. The van der Waals surface area contributed by atoms with Gasteiger partial charge in [0, 0.05) is 79.1 Å². The Bertz CT molecular complexity index is 1310. The fraction of sp³-hybridized carbons (Fsp3) is 0.600. The van der Waals surface area contributed by atoms with Gasteiger partial charge in [0.1, 0.15) is 5.69 Å². The maximum Gasteiger partial charge on any atom is 0.269 e. The molecule has 2 amide bonds. The van der Waals surface area contributed by atoms with Gasteiger partial charge >= 0.3 is 0 Å². The third-order valence-electron chi connectivity index (χ3n) is 9.73. The molecule has 0 bridgehead atoms. The Labute approximate surface area is 246 Å². The molecule has 4 aliphatic rings. The molecule has 5 unspecified atom stereocenters. The van der Waals surface area contributed by atoms with Crippen molar-refractivity contribution in [2.45, 2.75) is 56.5 Å². The molecule has 5 atom stereocenters. The van der Waals surface area contributed by atoms with Crippen molar-refractivity contribution in [2.75, 3.05) is 39.9 Å². The Hall–Kier alpha value is -2.79. The number of halogens is 1. The predicted molar refractivity (Wildman–Crippen MR) is 156 cm³/mol. The molecule has 41 heavy (non-hydrogen) atoms. The lowest BCUT2D eigenvalue weighted by atomic mass is 9.60. The molecule has 2 aromatic rings. The molecule has 3 N–H and O–H groups in total. The highest BCUT2D eigenvalue weighted by molar-refractivity contribution is 6.21. The molecule has 2 saturated heterocycles. The normalized spacial score (nSPS) is 28.6. The van der Waals surface area contributed by atoms with Gasteiger partial charge in [-0.15, -0.1) is 11.6 Å². The third-order valence-corrected chi connectivity index (χ3v) is 10.4. The zero-order valence-electron chi connectivity index (χ0n) is 24.0. The highest BCUT2D eigenvalue weighted by atomic mass is 35.5. The number of alkyl halides is 1. The largest absolute Gasteiger partial charge is 0.383 e. The summed E-state index contributed by atoms with van der Waals surface area (Å²) in [5.41, 5.74) is 11.5. The average Bonchev–Trinajstić information content (AvgIpc) is 3.52. The summed E-state index contributed by atoms with van der Waals surface area (Å²) in [6.45, 7) is 11.3. The van der Waals surface area contributed by atoms with Crippen LogP contribution in [0.4, 0.5) is 0 Å². The molecular weight excluding hydrogens is 542 g/mol. The van der Waals surface area contributed by atoms with Crippen LogP contribution in [0.25, 0.3) is 11.3 Å². The smallest absolute Gasteiger partial charge is 0.269 e. The zero-order valence-corrected chi connectivity index (χ0v) is 24.8. The lowest BCUT2D eigenvalue weighted by Gasteiger charge is -2.58. The Balaban J connectivity index is 1.32. The molecule has 220 valence electrons. The number of ether oxygens (including phenoxy) is 1. The van der Waals surface area contributed by atoms with Crippen LogP contribution in [0.2, 0.25) is 0 Å². The molecule has 4 heterocycles. The first-order chi connectivity index (χ1) is 19.7. The summed E-state index contributed by atoms with van der Waals surface area (Å²) in [6.07, 6.45) is 6.18. The summed E-state index contributed by atoms with van der Waals surface area (Å²) < 4.78 is 7.23. The molecule has 2 saturated carbocycles. The first kappa shape index (κ1) is 28.3. The molecule has 2 aromatic heterocycles. The van der Waals surface area contributed by atoms with Gasteiger partial charge in [-0.2, -0.15) is 5.10 Å². The number of rotatable bonds is 8. The Morgan fingerprint density at radius 2 is 2.10 bits per heavy atom. The lowest BCUT2D eigenvalue weighted by Crippen LogP contribution is -2.63. The van der Waals surface area contributed by atoms with E-state index in [-0.39, 0.29) is 34.6 Å². The molecule has 6 rings (SSSR count). The van der Waals surface area contributed by atoms with Gasteiger partial charge in [-0.25, -0.2) is 0 Å². The van der Waals surface area contributed by atoms with Crippen LogP contribution in [0.1, 0.15) is 59.9 Å². The van der Waals surface area contributed by atoms with Crippen LogP contribution in [0.5, 0.6) is 0 Å². The number of carbonyl (C=O) groups excluding carboxylic acids is 2. The summed E-state index contributed by atoms with van der Waals surface area (Å²) in [5, 5.41) is 8.05. The van der Waals surface area contributed by atoms with E-state index in [0.717, 1.165) is 55.8 Å². The van der Waals surface area contributed by atoms with E-state index < -0.39 is 0 Å². The average molecular weight is 582 g/mol. The number of pyridine rings is 1. The van der Waals surface area contributed by atoms with Crippen molar-refractivity contribution in [3.63, 3.8) is 0 Å². The fourth-order valence-electron chi connectivity index (χ4n) is 7.61. The minimum absolute atomic E-state index is 0.00940. The first-order valence-corrected chi connectivity index (χ1v) is 15.0. The summed E-state index contributed by atoms with van der Waals surface area (Å²) in [7, 11) is 1.60. The molecular formula is C30H40ClN7O3. The standard InChI is InChI=1S/C30H40ClN7O3/c1-5-24(39)37-15-30(16-37)11-20(12-30)38-18(3)25(26-21-14-34-35-23(21)10-17(2)27(26)31)28(36-38)19-6-7-22(33-13-19)29(40)32-8-9-41-4/h5-7,13,17,20-21,23,26-27,34-35H,1,8-12,14-16H2,2-4H3,(H,32,40). The van der Waals surface area contributed by atoms with Crippen molar-refractivity contribution < 1.29 is 14.3 Å².